The van der Waals surface area contributed by atoms with E-state index in [1.54, 1.807) is 10.6 Å². The van der Waals surface area contributed by atoms with Gasteiger partial charge in [-0.1, -0.05) is 13.0 Å². The van der Waals surface area contributed by atoms with Crippen molar-refractivity contribution in [3.8, 4) is 0 Å². The van der Waals surface area contributed by atoms with Gasteiger partial charge in [0.1, 0.15) is 0 Å². The zero-order valence-corrected chi connectivity index (χ0v) is 17.0. The van der Waals surface area contributed by atoms with Crippen molar-refractivity contribution in [2.45, 2.75) is 19.8 Å². The zero-order chi connectivity index (χ0) is 20.2. The number of rotatable bonds is 5. The molecule has 0 bridgehead atoms. The molecular weight excluding hydrogens is 370 g/mol. The van der Waals surface area contributed by atoms with Crippen LogP contribution in [0, 0.1) is 5.92 Å². The lowest BCUT2D eigenvalue weighted by Gasteiger charge is -2.29. The van der Waals surface area contributed by atoms with Crippen molar-refractivity contribution in [3.05, 3.63) is 35.9 Å². The standard InChI is InChI=1S/C21H29N5O3/c1-16-5-9-25(10-6-16)21(28)19-23-18(17-4-2-3-8-26(17)19)20(27)22-7-11-24-12-14-29-15-13-24/h2-4,8,16H,5-7,9-15H2,1H3,(H,22,27). The van der Waals surface area contributed by atoms with Crippen molar-refractivity contribution in [1.82, 2.24) is 24.5 Å². The van der Waals surface area contributed by atoms with E-state index >= 15 is 0 Å². The number of nitrogens with one attached hydrogen (secondary N) is 1. The number of hydrogen-bond donors (Lipinski definition) is 1. The molecule has 1 N–H and O–H groups in total. The largest absolute Gasteiger partial charge is 0.379 e. The van der Waals surface area contributed by atoms with Crippen molar-refractivity contribution in [2.24, 2.45) is 5.92 Å². The second-order valence-corrected chi connectivity index (χ2v) is 7.92. The smallest absolute Gasteiger partial charge is 0.290 e. The molecule has 4 heterocycles. The third kappa shape index (κ3) is 4.43. The highest BCUT2D eigenvalue weighted by Gasteiger charge is 2.27. The number of nitrogens with zero attached hydrogens (tertiary/aromatic N) is 4. The minimum atomic E-state index is -0.242. The molecular formula is C21H29N5O3. The summed E-state index contributed by atoms with van der Waals surface area (Å²) < 4.78 is 7.08. The fraction of sp³-hybridized carbons (Fsp3) is 0.571. The van der Waals surface area contributed by atoms with Crippen LogP contribution in [0.15, 0.2) is 24.4 Å². The van der Waals surface area contributed by atoms with Gasteiger partial charge in [0, 0.05) is 45.5 Å². The normalized spacial score (nSPS) is 18.9. The van der Waals surface area contributed by atoms with Gasteiger partial charge in [-0.2, -0.15) is 0 Å². The molecule has 2 aromatic heterocycles. The maximum atomic E-state index is 13.1. The van der Waals surface area contributed by atoms with E-state index in [1.807, 2.05) is 23.1 Å². The Bertz CT molecular complexity index is 866. The van der Waals surface area contributed by atoms with Gasteiger partial charge in [0.25, 0.3) is 11.8 Å². The fourth-order valence-corrected chi connectivity index (χ4v) is 3.94. The molecule has 0 aliphatic carbocycles. The van der Waals surface area contributed by atoms with Crippen LogP contribution in [0.1, 0.15) is 40.9 Å². The summed E-state index contributed by atoms with van der Waals surface area (Å²) in [6, 6.07) is 5.54. The van der Waals surface area contributed by atoms with Gasteiger partial charge in [0.2, 0.25) is 5.82 Å². The molecule has 8 nitrogen and oxygen atoms in total. The van der Waals surface area contributed by atoms with Gasteiger partial charge in [0.05, 0.1) is 18.7 Å². The fourth-order valence-electron chi connectivity index (χ4n) is 3.94. The molecule has 0 unspecified atom stereocenters. The molecule has 29 heavy (non-hydrogen) atoms. The van der Waals surface area contributed by atoms with Gasteiger partial charge in [-0.05, 0) is 30.9 Å². The molecule has 0 aromatic carbocycles. The summed E-state index contributed by atoms with van der Waals surface area (Å²) in [4.78, 5) is 34.5. The zero-order valence-electron chi connectivity index (χ0n) is 17.0. The average molecular weight is 399 g/mol. The van der Waals surface area contributed by atoms with Gasteiger partial charge in [-0.3, -0.25) is 18.9 Å². The van der Waals surface area contributed by atoms with E-state index in [-0.39, 0.29) is 11.8 Å². The van der Waals surface area contributed by atoms with E-state index in [1.165, 1.54) is 0 Å². The van der Waals surface area contributed by atoms with E-state index in [9.17, 15) is 9.59 Å². The topological polar surface area (TPSA) is 79.2 Å². The molecule has 0 atom stereocenters. The Labute approximate surface area is 170 Å². The minimum absolute atomic E-state index is 0.106. The molecule has 2 amide bonds. The van der Waals surface area contributed by atoms with Crippen LogP contribution >= 0.6 is 0 Å². The molecule has 8 heteroatoms. The lowest BCUT2D eigenvalue weighted by atomic mass is 9.99. The number of morpholine rings is 1. The Morgan fingerprint density at radius 1 is 1.17 bits per heavy atom. The Balaban J connectivity index is 1.48. The van der Waals surface area contributed by atoms with E-state index in [4.69, 9.17) is 4.74 Å². The Morgan fingerprint density at radius 2 is 1.93 bits per heavy atom. The van der Waals surface area contributed by atoms with Gasteiger partial charge >= 0.3 is 0 Å². The number of amides is 2. The molecule has 0 radical (unpaired) electrons. The Morgan fingerprint density at radius 3 is 2.69 bits per heavy atom. The molecule has 0 saturated carbocycles. The number of hydrogen-bond acceptors (Lipinski definition) is 5. The van der Waals surface area contributed by atoms with Crippen molar-refractivity contribution in [1.29, 1.82) is 0 Å². The predicted molar refractivity (Wildman–Crippen MR) is 109 cm³/mol. The van der Waals surface area contributed by atoms with E-state index in [0.29, 0.717) is 29.5 Å². The summed E-state index contributed by atoms with van der Waals surface area (Å²) in [5.41, 5.74) is 0.964. The lowest BCUT2D eigenvalue weighted by molar-refractivity contribution is 0.0383. The maximum absolute atomic E-state index is 13.1. The lowest BCUT2D eigenvalue weighted by Crippen LogP contribution is -2.41. The van der Waals surface area contributed by atoms with Gasteiger partial charge in [-0.25, -0.2) is 4.98 Å². The first-order chi connectivity index (χ1) is 14.1. The summed E-state index contributed by atoms with van der Waals surface area (Å²) in [5, 5.41) is 2.95. The van der Waals surface area contributed by atoms with Crippen LogP contribution < -0.4 is 5.32 Å². The van der Waals surface area contributed by atoms with Crippen LogP contribution in [-0.2, 0) is 4.74 Å². The first-order valence-electron chi connectivity index (χ1n) is 10.5. The summed E-state index contributed by atoms with van der Waals surface area (Å²) in [5.74, 6) is 0.607. The summed E-state index contributed by atoms with van der Waals surface area (Å²) in [7, 11) is 0. The number of carbonyl (C=O) groups excluding carboxylic acids is 2. The quantitative estimate of drug-likeness (QED) is 0.819. The van der Waals surface area contributed by atoms with Crippen molar-refractivity contribution in [3.63, 3.8) is 0 Å². The average Bonchev–Trinajstić information content (AvgIpc) is 3.14. The highest BCUT2D eigenvalue weighted by atomic mass is 16.5. The molecule has 2 aromatic rings. The molecule has 2 fully saturated rings. The number of ether oxygens (including phenoxy) is 1. The van der Waals surface area contributed by atoms with Crippen LogP contribution in [-0.4, -0.2) is 83.5 Å². The number of imidazole rings is 1. The van der Waals surface area contributed by atoms with E-state index in [0.717, 1.165) is 58.8 Å². The summed E-state index contributed by atoms with van der Waals surface area (Å²) in [6.07, 6.45) is 3.81. The first-order valence-corrected chi connectivity index (χ1v) is 10.5. The van der Waals surface area contributed by atoms with Gasteiger partial charge < -0.3 is 15.0 Å². The first kappa shape index (κ1) is 19.8. The third-order valence-corrected chi connectivity index (χ3v) is 5.84. The molecule has 4 rings (SSSR count). The van der Waals surface area contributed by atoms with Crippen LogP contribution in [0.4, 0.5) is 0 Å². The maximum Gasteiger partial charge on any atom is 0.290 e. The van der Waals surface area contributed by atoms with Crippen LogP contribution in [0.25, 0.3) is 5.52 Å². The Kier molecular flexibility index (Phi) is 6.10. The number of aromatic nitrogens is 2. The van der Waals surface area contributed by atoms with Crippen LogP contribution in [0.3, 0.4) is 0 Å². The number of carbonyl (C=O) groups is 2. The number of piperidine rings is 1. The highest BCUT2D eigenvalue weighted by Crippen LogP contribution is 2.20. The number of likely N-dealkylation sites (tertiary alicyclic amines) is 1. The highest BCUT2D eigenvalue weighted by molar-refractivity contribution is 6.02. The molecule has 2 aliphatic heterocycles. The predicted octanol–water partition coefficient (Wildman–Crippen LogP) is 1.27. The van der Waals surface area contributed by atoms with E-state index in [2.05, 4.69) is 22.1 Å². The SMILES string of the molecule is CC1CCN(C(=O)c2nc(C(=O)NCCN3CCOCC3)c3ccccn23)CC1. The number of fused-ring (bicyclic) bond motifs is 1. The summed E-state index contributed by atoms with van der Waals surface area (Å²) in [6.45, 7) is 8.25. The van der Waals surface area contributed by atoms with Gasteiger partial charge in [0.15, 0.2) is 5.69 Å². The molecule has 0 spiro atoms. The Hall–Kier alpha value is -2.45. The van der Waals surface area contributed by atoms with Crippen molar-refractivity contribution >= 4 is 17.3 Å². The number of pyridine rings is 1. The second kappa shape index (κ2) is 8.92. The monoisotopic (exact) mass is 399 g/mol. The van der Waals surface area contributed by atoms with Gasteiger partial charge in [-0.15, -0.1) is 0 Å². The molecule has 156 valence electrons. The molecule has 2 saturated heterocycles. The van der Waals surface area contributed by atoms with Crippen molar-refractivity contribution in [2.75, 3.05) is 52.5 Å². The van der Waals surface area contributed by atoms with E-state index < -0.39 is 0 Å². The minimum Gasteiger partial charge on any atom is -0.379 e. The third-order valence-electron chi connectivity index (χ3n) is 5.84. The summed E-state index contributed by atoms with van der Waals surface area (Å²) >= 11 is 0. The van der Waals surface area contributed by atoms with Crippen LogP contribution in [0.5, 0.6) is 0 Å². The second-order valence-electron chi connectivity index (χ2n) is 7.92. The van der Waals surface area contributed by atoms with Crippen molar-refractivity contribution < 1.29 is 14.3 Å². The van der Waals surface area contributed by atoms with Crippen LogP contribution in [0.2, 0.25) is 0 Å². The molecule has 2 aliphatic rings.